The molecule has 1 amide bonds. The van der Waals surface area contributed by atoms with Crippen LogP contribution in [0.1, 0.15) is 27.7 Å². The van der Waals surface area contributed by atoms with E-state index in [0.29, 0.717) is 10.6 Å². The number of hydrogen-bond donors (Lipinski definition) is 1. The number of piperazine rings is 1. The molecule has 33 heavy (non-hydrogen) atoms. The first-order valence-electron chi connectivity index (χ1n) is 11.2. The molecular formula is C27H26ClN3O2. The number of nitrogens with zero attached hydrogens (tertiary/aromatic N) is 2. The molecule has 2 heterocycles. The summed E-state index contributed by atoms with van der Waals surface area (Å²) < 4.78 is 6.46. The molecule has 0 saturated carbocycles. The molecule has 1 aromatic heterocycles. The summed E-state index contributed by atoms with van der Waals surface area (Å²) in [6.45, 7) is 3.73. The van der Waals surface area contributed by atoms with Gasteiger partial charge in [-0.2, -0.15) is 0 Å². The van der Waals surface area contributed by atoms with Crippen LogP contribution in [0.2, 0.25) is 5.02 Å². The Morgan fingerprint density at radius 3 is 2.30 bits per heavy atom. The quantitative estimate of drug-likeness (QED) is 0.417. The molecule has 3 aromatic carbocycles. The fourth-order valence-corrected chi connectivity index (χ4v) is 4.54. The summed E-state index contributed by atoms with van der Waals surface area (Å²) in [7, 11) is 2.14. The Hall–Kier alpha value is -3.12. The molecule has 0 spiro atoms. The molecule has 1 aliphatic heterocycles. The van der Waals surface area contributed by atoms with Crippen molar-refractivity contribution in [2.75, 3.05) is 38.5 Å². The fourth-order valence-electron chi connectivity index (χ4n) is 4.41. The van der Waals surface area contributed by atoms with Crippen molar-refractivity contribution in [3.8, 4) is 0 Å². The number of fused-ring (bicyclic) bond motifs is 1. The molecule has 0 bridgehead atoms. The molecule has 6 heteroatoms. The molecule has 0 aliphatic carbocycles. The Bertz CT molecular complexity index is 1250. The lowest BCUT2D eigenvalue weighted by Gasteiger charge is -2.37. The zero-order valence-corrected chi connectivity index (χ0v) is 19.3. The van der Waals surface area contributed by atoms with E-state index < -0.39 is 0 Å². The van der Waals surface area contributed by atoms with Crippen LogP contribution >= 0.6 is 11.6 Å². The highest BCUT2D eigenvalue weighted by atomic mass is 35.5. The van der Waals surface area contributed by atoms with Gasteiger partial charge in [-0.25, -0.2) is 0 Å². The minimum absolute atomic E-state index is 0.144. The van der Waals surface area contributed by atoms with Crippen molar-refractivity contribution in [2.24, 2.45) is 0 Å². The van der Waals surface area contributed by atoms with Gasteiger partial charge in [0.25, 0.3) is 5.91 Å². The third kappa shape index (κ3) is 4.53. The van der Waals surface area contributed by atoms with E-state index in [1.807, 2.05) is 78.9 Å². The number of benzene rings is 3. The summed E-state index contributed by atoms with van der Waals surface area (Å²) in [6, 6.07) is 24.9. The molecule has 1 unspecified atom stereocenters. The lowest BCUT2D eigenvalue weighted by atomic mass is 10.00. The van der Waals surface area contributed by atoms with Crippen molar-refractivity contribution in [3.05, 3.63) is 101 Å². The van der Waals surface area contributed by atoms with Crippen LogP contribution in [-0.4, -0.2) is 48.9 Å². The molecule has 1 N–H and O–H groups in total. The number of likely N-dealkylation sites (N-methyl/N-ethyl adjacent to an activating group) is 1. The number of carbonyl (C=O) groups is 1. The van der Waals surface area contributed by atoms with Crippen molar-refractivity contribution in [1.29, 1.82) is 0 Å². The number of hydrogen-bond acceptors (Lipinski definition) is 4. The summed E-state index contributed by atoms with van der Waals surface area (Å²) in [4.78, 5) is 17.9. The summed E-state index contributed by atoms with van der Waals surface area (Å²) >= 11 is 6.20. The Balaban J connectivity index is 1.62. The Morgan fingerprint density at radius 1 is 0.909 bits per heavy atom. The van der Waals surface area contributed by atoms with Gasteiger partial charge in [0, 0.05) is 42.2 Å². The molecule has 4 aromatic rings. The van der Waals surface area contributed by atoms with Gasteiger partial charge >= 0.3 is 0 Å². The number of nitrogens with one attached hydrogen (secondary N) is 1. The van der Waals surface area contributed by atoms with Crippen LogP contribution in [0.15, 0.2) is 83.3 Å². The molecule has 1 fully saturated rings. The van der Waals surface area contributed by atoms with Crippen molar-refractivity contribution < 1.29 is 9.21 Å². The van der Waals surface area contributed by atoms with E-state index in [0.717, 1.165) is 54.2 Å². The topological polar surface area (TPSA) is 48.7 Å². The molecule has 168 valence electrons. The van der Waals surface area contributed by atoms with Gasteiger partial charge in [0.2, 0.25) is 0 Å². The minimum Gasteiger partial charge on any atom is -0.457 e. The standard InChI is InChI=1S/C27H26ClN3O2/c1-30-15-17-31(18-16-30)25(19-11-13-21(28)14-12-19)26-24(22-9-5-6-10-23(22)33-26)29-27(32)20-7-3-2-4-8-20/h2-14,25H,15-18H2,1H3,(H,29,32). The average molecular weight is 460 g/mol. The average Bonchev–Trinajstić information content (AvgIpc) is 3.20. The molecule has 1 aliphatic rings. The van der Waals surface area contributed by atoms with E-state index in [2.05, 4.69) is 22.2 Å². The minimum atomic E-state index is -0.156. The van der Waals surface area contributed by atoms with Crippen molar-refractivity contribution in [1.82, 2.24) is 9.80 Å². The fraction of sp³-hybridized carbons (Fsp3) is 0.222. The zero-order chi connectivity index (χ0) is 22.8. The molecule has 0 radical (unpaired) electrons. The number of anilines is 1. The van der Waals surface area contributed by atoms with Crippen LogP contribution in [0.4, 0.5) is 5.69 Å². The van der Waals surface area contributed by atoms with Gasteiger partial charge in [0.15, 0.2) is 0 Å². The van der Waals surface area contributed by atoms with Crippen LogP contribution < -0.4 is 5.32 Å². The van der Waals surface area contributed by atoms with Crippen LogP contribution in [-0.2, 0) is 0 Å². The van der Waals surface area contributed by atoms with Gasteiger partial charge in [-0.1, -0.05) is 54.1 Å². The van der Waals surface area contributed by atoms with Gasteiger partial charge < -0.3 is 14.6 Å². The van der Waals surface area contributed by atoms with Gasteiger partial charge in [-0.3, -0.25) is 9.69 Å². The number of rotatable bonds is 5. The lowest BCUT2D eigenvalue weighted by Crippen LogP contribution is -2.46. The summed E-state index contributed by atoms with van der Waals surface area (Å²) in [5, 5.41) is 4.75. The van der Waals surface area contributed by atoms with Crippen LogP contribution in [0.3, 0.4) is 0 Å². The molecule has 5 rings (SSSR count). The maximum Gasteiger partial charge on any atom is 0.255 e. The number of para-hydroxylation sites is 1. The smallest absolute Gasteiger partial charge is 0.255 e. The predicted molar refractivity (Wildman–Crippen MR) is 133 cm³/mol. The first kappa shape index (κ1) is 21.7. The number of carbonyl (C=O) groups excluding carboxylic acids is 1. The monoisotopic (exact) mass is 459 g/mol. The first-order valence-corrected chi connectivity index (χ1v) is 11.5. The molecule has 1 atom stereocenters. The van der Waals surface area contributed by atoms with Crippen LogP contribution in [0.25, 0.3) is 11.0 Å². The van der Waals surface area contributed by atoms with Crippen molar-refractivity contribution in [3.63, 3.8) is 0 Å². The normalized spacial score (nSPS) is 16.1. The maximum absolute atomic E-state index is 13.1. The summed E-state index contributed by atoms with van der Waals surface area (Å²) in [5.41, 5.74) is 3.16. The van der Waals surface area contributed by atoms with E-state index in [-0.39, 0.29) is 11.9 Å². The number of halogens is 1. The van der Waals surface area contributed by atoms with Gasteiger partial charge in [-0.15, -0.1) is 0 Å². The maximum atomic E-state index is 13.1. The zero-order valence-electron chi connectivity index (χ0n) is 18.5. The van der Waals surface area contributed by atoms with E-state index in [1.54, 1.807) is 0 Å². The van der Waals surface area contributed by atoms with Crippen LogP contribution in [0.5, 0.6) is 0 Å². The predicted octanol–water partition coefficient (Wildman–Crippen LogP) is 5.68. The van der Waals surface area contributed by atoms with E-state index in [4.69, 9.17) is 16.0 Å². The largest absolute Gasteiger partial charge is 0.457 e. The van der Waals surface area contributed by atoms with Crippen LogP contribution in [0, 0.1) is 0 Å². The van der Waals surface area contributed by atoms with E-state index in [1.165, 1.54) is 0 Å². The van der Waals surface area contributed by atoms with Gasteiger partial charge in [0.05, 0.1) is 11.7 Å². The van der Waals surface area contributed by atoms with Gasteiger partial charge in [0.1, 0.15) is 11.3 Å². The SMILES string of the molecule is CN1CCN(C(c2ccc(Cl)cc2)c2oc3ccccc3c2NC(=O)c2ccccc2)CC1. The Morgan fingerprint density at radius 2 is 1.58 bits per heavy atom. The second kappa shape index (κ2) is 9.40. The Labute approximate surface area is 198 Å². The lowest BCUT2D eigenvalue weighted by molar-refractivity contribution is 0.102. The van der Waals surface area contributed by atoms with Gasteiger partial charge in [-0.05, 0) is 49.0 Å². The van der Waals surface area contributed by atoms with E-state index in [9.17, 15) is 4.79 Å². The number of furan rings is 1. The van der Waals surface area contributed by atoms with E-state index >= 15 is 0 Å². The molecular weight excluding hydrogens is 434 g/mol. The third-order valence-corrected chi connectivity index (χ3v) is 6.49. The highest BCUT2D eigenvalue weighted by Crippen LogP contribution is 2.41. The Kier molecular flexibility index (Phi) is 6.18. The highest BCUT2D eigenvalue weighted by Gasteiger charge is 2.32. The second-order valence-electron chi connectivity index (χ2n) is 8.45. The van der Waals surface area contributed by atoms with Crippen molar-refractivity contribution >= 4 is 34.2 Å². The summed E-state index contributed by atoms with van der Waals surface area (Å²) in [5.74, 6) is 0.587. The third-order valence-electron chi connectivity index (χ3n) is 6.23. The highest BCUT2D eigenvalue weighted by molar-refractivity contribution is 6.30. The number of amides is 1. The molecule has 5 nitrogen and oxygen atoms in total. The molecule has 1 saturated heterocycles. The first-order chi connectivity index (χ1) is 16.1. The summed E-state index contributed by atoms with van der Waals surface area (Å²) in [6.07, 6.45) is 0. The second-order valence-corrected chi connectivity index (χ2v) is 8.89. The van der Waals surface area contributed by atoms with Crippen molar-refractivity contribution in [2.45, 2.75) is 6.04 Å².